The SMILES string of the molecule is O=C(CNC(=O)c1ccccc1NC(=O)c1cccs1)Nc1ccccc1Br. The van der Waals surface area contributed by atoms with Crippen LogP contribution < -0.4 is 16.0 Å². The number of halogens is 1. The third kappa shape index (κ3) is 5.05. The van der Waals surface area contributed by atoms with Crippen LogP contribution in [-0.4, -0.2) is 24.3 Å². The van der Waals surface area contributed by atoms with E-state index >= 15 is 0 Å². The first kappa shape index (κ1) is 19.8. The molecule has 1 aromatic heterocycles. The highest BCUT2D eigenvalue weighted by Gasteiger charge is 2.15. The van der Waals surface area contributed by atoms with E-state index in [2.05, 4.69) is 31.9 Å². The summed E-state index contributed by atoms with van der Waals surface area (Å²) in [6.45, 7) is -0.201. The fourth-order valence-corrected chi connectivity index (χ4v) is 3.40. The quantitative estimate of drug-likeness (QED) is 0.519. The molecule has 6 nitrogen and oxygen atoms in total. The van der Waals surface area contributed by atoms with Gasteiger partial charge in [-0.1, -0.05) is 30.3 Å². The molecule has 0 saturated carbocycles. The summed E-state index contributed by atoms with van der Waals surface area (Å²) in [7, 11) is 0. The van der Waals surface area contributed by atoms with Crippen LogP contribution in [0.15, 0.2) is 70.5 Å². The van der Waals surface area contributed by atoms with Crippen molar-refractivity contribution in [2.24, 2.45) is 0 Å². The van der Waals surface area contributed by atoms with Crippen molar-refractivity contribution < 1.29 is 14.4 Å². The number of nitrogens with one attached hydrogen (secondary N) is 3. The smallest absolute Gasteiger partial charge is 0.265 e. The average molecular weight is 458 g/mol. The summed E-state index contributed by atoms with van der Waals surface area (Å²) in [6, 6.07) is 17.3. The summed E-state index contributed by atoms with van der Waals surface area (Å²) >= 11 is 4.66. The second kappa shape index (κ2) is 9.29. The Morgan fingerprint density at radius 2 is 1.54 bits per heavy atom. The van der Waals surface area contributed by atoms with Gasteiger partial charge in [0.15, 0.2) is 0 Å². The minimum Gasteiger partial charge on any atom is -0.343 e. The van der Waals surface area contributed by atoms with Crippen molar-refractivity contribution in [3.63, 3.8) is 0 Å². The Morgan fingerprint density at radius 1 is 0.821 bits per heavy atom. The summed E-state index contributed by atoms with van der Waals surface area (Å²) in [4.78, 5) is 37.4. The van der Waals surface area contributed by atoms with E-state index in [9.17, 15) is 14.4 Å². The molecule has 3 aromatic rings. The Labute approximate surface area is 174 Å². The summed E-state index contributed by atoms with van der Waals surface area (Å²) < 4.78 is 0.747. The standard InChI is InChI=1S/C20H16BrN3O3S/c21-14-7-2-4-9-16(14)23-18(25)12-22-19(26)13-6-1-3-8-15(13)24-20(27)17-10-5-11-28-17/h1-11H,12H2,(H,22,26)(H,23,25)(H,24,27). The largest absolute Gasteiger partial charge is 0.343 e. The number of amides is 3. The molecule has 0 saturated heterocycles. The zero-order chi connectivity index (χ0) is 19.9. The van der Waals surface area contributed by atoms with E-state index in [1.807, 2.05) is 6.07 Å². The number of para-hydroxylation sites is 2. The predicted octanol–water partition coefficient (Wildman–Crippen LogP) is 4.13. The van der Waals surface area contributed by atoms with Crippen LogP contribution in [0.2, 0.25) is 0 Å². The molecule has 0 aliphatic carbocycles. The van der Waals surface area contributed by atoms with Crippen LogP contribution in [-0.2, 0) is 4.79 Å². The van der Waals surface area contributed by atoms with Crippen molar-refractivity contribution in [3.05, 3.63) is 81.0 Å². The number of hydrogen-bond donors (Lipinski definition) is 3. The van der Waals surface area contributed by atoms with Crippen LogP contribution >= 0.6 is 27.3 Å². The van der Waals surface area contributed by atoms with Crippen molar-refractivity contribution in [1.29, 1.82) is 0 Å². The van der Waals surface area contributed by atoms with Gasteiger partial charge in [-0.25, -0.2) is 0 Å². The van der Waals surface area contributed by atoms with Crippen LogP contribution in [0.25, 0.3) is 0 Å². The number of rotatable bonds is 6. The Morgan fingerprint density at radius 3 is 2.25 bits per heavy atom. The van der Waals surface area contributed by atoms with E-state index in [4.69, 9.17) is 0 Å². The third-order valence-corrected chi connectivity index (χ3v) is 5.28. The molecule has 8 heteroatoms. The van der Waals surface area contributed by atoms with Crippen LogP contribution in [0.4, 0.5) is 11.4 Å². The van der Waals surface area contributed by atoms with Crippen LogP contribution in [0.3, 0.4) is 0 Å². The highest BCUT2D eigenvalue weighted by molar-refractivity contribution is 9.10. The maximum Gasteiger partial charge on any atom is 0.265 e. The van der Waals surface area contributed by atoms with E-state index in [0.717, 1.165) is 4.47 Å². The van der Waals surface area contributed by atoms with Gasteiger partial charge in [0.1, 0.15) is 0 Å². The minimum absolute atomic E-state index is 0.201. The summed E-state index contributed by atoms with van der Waals surface area (Å²) in [6.07, 6.45) is 0. The van der Waals surface area contributed by atoms with Crippen LogP contribution in [0, 0.1) is 0 Å². The first-order valence-corrected chi connectivity index (χ1v) is 9.98. The van der Waals surface area contributed by atoms with Crippen LogP contribution in [0.1, 0.15) is 20.0 Å². The zero-order valence-corrected chi connectivity index (χ0v) is 17.0. The molecule has 0 radical (unpaired) electrons. The molecule has 1 heterocycles. The molecule has 0 spiro atoms. The maximum absolute atomic E-state index is 12.5. The molecule has 3 amide bonds. The molecule has 0 fully saturated rings. The molecule has 0 atom stereocenters. The van der Waals surface area contributed by atoms with Gasteiger partial charge in [-0.3, -0.25) is 14.4 Å². The fourth-order valence-electron chi connectivity index (χ4n) is 2.39. The average Bonchev–Trinajstić information content (AvgIpc) is 3.23. The van der Waals surface area contributed by atoms with Crippen molar-refractivity contribution in [2.45, 2.75) is 0 Å². The summed E-state index contributed by atoms with van der Waals surface area (Å²) in [5.41, 5.74) is 1.27. The third-order valence-electron chi connectivity index (χ3n) is 3.72. The molecule has 142 valence electrons. The van der Waals surface area contributed by atoms with Gasteiger partial charge in [0, 0.05) is 4.47 Å². The number of thiophene rings is 1. The molecule has 3 rings (SSSR count). The molecule has 0 aliphatic heterocycles. The number of anilines is 2. The van der Waals surface area contributed by atoms with Gasteiger partial charge in [-0.2, -0.15) is 0 Å². The van der Waals surface area contributed by atoms with Gasteiger partial charge in [0.05, 0.1) is 28.4 Å². The molecule has 0 bridgehead atoms. The van der Waals surface area contributed by atoms with E-state index in [0.29, 0.717) is 16.3 Å². The van der Waals surface area contributed by atoms with Crippen molar-refractivity contribution >= 4 is 56.4 Å². The predicted molar refractivity (Wildman–Crippen MR) is 114 cm³/mol. The Balaban J connectivity index is 1.62. The molecule has 0 aliphatic rings. The molecular weight excluding hydrogens is 442 g/mol. The number of hydrogen-bond acceptors (Lipinski definition) is 4. The minimum atomic E-state index is -0.454. The Kier molecular flexibility index (Phi) is 6.57. The fraction of sp³-hybridized carbons (Fsp3) is 0.0500. The maximum atomic E-state index is 12.5. The lowest BCUT2D eigenvalue weighted by molar-refractivity contribution is -0.115. The first-order valence-electron chi connectivity index (χ1n) is 8.31. The van der Waals surface area contributed by atoms with Gasteiger partial charge in [-0.05, 0) is 51.6 Å². The van der Waals surface area contributed by atoms with Crippen molar-refractivity contribution in [2.75, 3.05) is 17.2 Å². The van der Waals surface area contributed by atoms with Crippen molar-refractivity contribution in [1.82, 2.24) is 5.32 Å². The second-order valence-electron chi connectivity index (χ2n) is 5.69. The topological polar surface area (TPSA) is 87.3 Å². The van der Waals surface area contributed by atoms with Gasteiger partial charge in [0.25, 0.3) is 11.8 Å². The van der Waals surface area contributed by atoms with E-state index in [1.165, 1.54) is 11.3 Å². The summed E-state index contributed by atoms with van der Waals surface area (Å²) in [5, 5.41) is 9.82. The highest BCUT2D eigenvalue weighted by Crippen LogP contribution is 2.21. The van der Waals surface area contributed by atoms with E-state index in [-0.39, 0.29) is 23.9 Å². The molecule has 0 unspecified atom stereocenters. The van der Waals surface area contributed by atoms with Gasteiger partial charge < -0.3 is 16.0 Å². The Bertz CT molecular complexity index is 1010. The van der Waals surface area contributed by atoms with E-state index in [1.54, 1.807) is 60.0 Å². The lowest BCUT2D eigenvalue weighted by Crippen LogP contribution is -2.33. The molecule has 3 N–H and O–H groups in total. The van der Waals surface area contributed by atoms with Crippen LogP contribution in [0.5, 0.6) is 0 Å². The normalized spacial score (nSPS) is 10.2. The summed E-state index contributed by atoms with van der Waals surface area (Å²) in [5.74, 6) is -1.10. The first-order chi connectivity index (χ1) is 13.5. The monoisotopic (exact) mass is 457 g/mol. The zero-order valence-electron chi connectivity index (χ0n) is 14.6. The van der Waals surface area contributed by atoms with Crippen molar-refractivity contribution in [3.8, 4) is 0 Å². The number of carbonyl (C=O) groups is 3. The highest BCUT2D eigenvalue weighted by atomic mass is 79.9. The van der Waals surface area contributed by atoms with E-state index < -0.39 is 5.91 Å². The lowest BCUT2D eigenvalue weighted by atomic mass is 10.1. The van der Waals surface area contributed by atoms with Gasteiger partial charge in [-0.15, -0.1) is 11.3 Å². The molecule has 2 aromatic carbocycles. The van der Waals surface area contributed by atoms with Gasteiger partial charge >= 0.3 is 0 Å². The lowest BCUT2D eigenvalue weighted by Gasteiger charge is -2.11. The number of benzene rings is 2. The van der Waals surface area contributed by atoms with Gasteiger partial charge in [0.2, 0.25) is 5.91 Å². The Hall–Kier alpha value is -2.97. The molecule has 28 heavy (non-hydrogen) atoms. The number of carbonyl (C=O) groups excluding carboxylic acids is 3. The second-order valence-corrected chi connectivity index (χ2v) is 7.49. The molecular formula is C20H16BrN3O3S.